The number of benzene rings is 3. The second-order valence-electron chi connectivity index (χ2n) is 5.58. The lowest BCUT2D eigenvalue weighted by Crippen LogP contribution is -1.94. The molecule has 0 atom stereocenters. The van der Waals surface area contributed by atoms with Crippen LogP contribution in [0, 0.1) is 0 Å². The van der Waals surface area contributed by atoms with Gasteiger partial charge in [-0.1, -0.05) is 48.5 Å². The van der Waals surface area contributed by atoms with E-state index in [1.165, 1.54) is 11.1 Å². The molecule has 4 N–H and O–H groups in total. The highest BCUT2D eigenvalue weighted by Gasteiger charge is 2.11. The van der Waals surface area contributed by atoms with Gasteiger partial charge in [-0.3, -0.25) is 0 Å². The van der Waals surface area contributed by atoms with E-state index in [4.69, 9.17) is 11.5 Å². The average molecular weight is 300 g/mol. The van der Waals surface area contributed by atoms with Crippen molar-refractivity contribution in [2.75, 3.05) is 11.5 Å². The first kappa shape index (κ1) is 14.9. The minimum atomic E-state index is 0.757. The fourth-order valence-corrected chi connectivity index (χ4v) is 2.82. The molecule has 0 spiro atoms. The lowest BCUT2D eigenvalue weighted by molar-refractivity contribution is 1.28. The molecule has 3 aromatic rings. The smallest absolute Gasteiger partial charge is 0.0320 e. The first-order valence-electron chi connectivity index (χ1n) is 7.63. The molecule has 0 saturated carbocycles. The van der Waals surface area contributed by atoms with Crippen LogP contribution in [0.15, 0.2) is 79.4 Å². The number of allylic oxidation sites excluding steroid dienone is 1. The second kappa shape index (κ2) is 6.41. The fourth-order valence-electron chi connectivity index (χ4n) is 2.82. The van der Waals surface area contributed by atoms with Gasteiger partial charge in [0.15, 0.2) is 0 Å². The molecule has 0 aliphatic rings. The van der Waals surface area contributed by atoms with E-state index in [0.717, 1.165) is 34.5 Å². The van der Waals surface area contributed by atoms with Crippen LogP contribution in [0.25, 0.3) is 22.3 Å². The Bertz CT molecular complexity index is 833. The fraction of sp³-hybridized carbons (Fsp3) is 0.0476. The van der Waals surface area contributed by atoms with Crippen molar-refractivity contribution >= 4 is 11.4 Å². The van der Waals surface area contributed by atoms with Crippen LogP contribution in [0.4, 0.5) is 11.4 Å². The topological polar surface area (TPSA) is 52.0 Å². The second-order valence-corrected chi connectivity index (χ2v) is 5.58. The zero-order chi connectivity index (χ0) is 16.2. The maximum Gasteiger partial charge on any atom is 0.0320 e. The van der Waals surface area contributed by atoms with Gasteiger partial charge in [0, 0.05) is 11.4 Å². The first-order chi connectivity index (χ1) is 11.2. The zero-order valence-corrected chi connectivity index (χ0v) is 13.0. The summed E-state index contributed by atoms with van der Waals surface area (Å²) in [5.74, 6) is 0. The molecule has 0 aromatic heterocycles. The molecular weight excluding hydrogens is 280 g/mol. The van der Waals surface area contributed by atoms with Crippen LogP contribution < -0.4 is 11.5 Å². The lowest BCUT2D eigenvalue weighted by Gasteiger charge is -2.14. The molecule has 3 rings (SSSR count). The molecule has 3 aromatic carbocycles. The van der Waals surface area contributed by atoms with Crippen LogP contribution in [0.3, 0.4) is 0 Å². The largest absolute Gasteiger partial charge is 0.399 e. The van der Waals surface area contributed by atoms with Crippen molar-refractivity contribution in [2.45, 2.75) is 6.42 Å². The maximum atomic E-state index is 6.05. The molecule has 0 aliphatic heterocycles. The van der Waals surface area contributed by atoms with Gasteiger partial charge in [0.1, 0.15) is 0 Å². The first-order valence-corrected chi connectivity index (χ1v) is 7.63. The van der Waals surface area contributed by atoms with Gasteiger partial charge in [-0.2, -0.15) is 0 Å². The Balaban J connectivity index is 2.21. The average Bonchev–Trinajstić information content (AvgIpc) is 2.57. The van der Waals surface area contributed by atoms with Gasteiger partial charge >= 0.3 is 0 Å². The molecule has 114 valence electrons. The third-order valence-corrected chi connectivity index (χ3v) is 3.94. The van der Waals surface area contributed by atoms with Gasteiger partial charge in [-0.05, 0) is 58.5 Å². The Kier molecular flexibility index (Phi) is 4.15. The summed E-state index contributed by atoms with van der Waals surface area (Å²) in [5, 5.41) is 0. The highest BCUT2D eigenvalue weighted by molar-refractivity contribution is 5.87. The predicted octanol–water partition coefficient (Wildman–Crippen LogP) is 4.91. The van der Waals surface area contributed by atoms with Crippen molar-refractivity contribution in [3.05, 3.63) is 84.9 Å². The third kappa shape index (κ3) is 3.11. The molecule has 0 fully saturated rings. The Morgan fingerprint density at radius 1 is 0.739 bits per heavy atom. The van der Waals surface area contributed by atoms with E-state index < -0.39 is 0 Å². The SMILES string of the molecule is C=CCc1ccccc1-c1cc(N)ccc1-c1ccc(N)cc1. The number of anilines is 2. The van der Waals surface area contributed by atoms with Crippen molar-refractivity contribution in [1.29, 1.82) is 0 Å². The summed E-state index contributed by atoms with van der Waals surface area (Å²) in [6.45, 7) is 3.86. The van der Waals surface area contributed by atoms with E-state index in [2.05, 4.69) is 36.9 Å². The van der Waals surface area contributed by atoms with Crippen LogP contribution >= 0.6 is 0 Å². The number of nitrogen functional groups attached to an aromatic ring is 2. The summed E-state index contributed by atoms with van der Waals surface area (Å²) in [6, 6.07) is 22.3. The van der Waals surface area contributed by atoms with Gasteiger partial charge in [-0.25, -0.2) is 0 Å². The molecule has 0 aliphatic carbocycles. The number of nitrogens with two attached hydrogens (primary N) is 2. The van der Waals surface area contributed by atoms with Crippen molar-refractivity contribution in [3.8, 4) is 22.3 Å². The Hall–Kier alpha value is -3.00. The third-order valence-electron chi connectivity index (χ3n) is 3.94. The Labute approximate surface area is 137 Å². The van der Waals surface area contributed by atoms with E-state index in [1.54, 1.807) is 0 Å². The van der Waals surface area contributed by atoms with Gasteiger partial charge in [0.2, 0.25) is 0 Å². The van der Waals surface area contributed by atoms with Crippen LogP contribution in [-0.4, -0.2) is 0 Å². The molecule has 0 radical (unpaired) electrons. The highest BCUT2D eigenvalue weighted by Crippen LogP contribution is 2.36. The van der Waals surface area contributed by atoms with E-state index in [0.29, 0.717) is 0 Å². The lowest BCUT2D eigenvalue weighted by atomic mass is 9.90. The molecule has 0 amide bonds. The van der Waals surface area contributed by atoms with E-state index >= 15 is 0 Å². The number of hydrogen-bond acceptors (Lipinski definition) is 2. The van der Waals surface area contributed by atoms with Crippen molar-refractivity contribution in [1.82, 2.24) is 0 Å². The maximum absolute atomic E-state index is 6.05. The van der Waals surface area contributed by atoms with Gasteiger partial charge in [-0.15, -0.1) is 6.58 Å². The Morgan fingerprint density at radius 2 is 1.43 bits per heavy atom. The highest BCUT2D eigenvalue weighted by atomic mass is 14.5. The minimum absolute atomic E-state index is 0.757. The van der Waals surface area contributed by atoms with Crippen LogP contribution in [0.2, 0.25) is 0 Å². The summed E-state index contributed by atoms with van der Waals surface area (Å²) in [7, 11) is 0. The standard InChI is InChI=1S/C21H20N2/c1-2-5-15-6-3-4-7-19(15)21-14-18(23)12-13-20(21)16-8-10-17(22)11-9-16/h2-4,6-14H,1,5,22-23H2. The number of rotatable bonds is 4. The molecule has 0 bridgehead atoms. The van der Waals surface area contributed by atoms with Crippen molar-refractivity contribution in [2.24, 2.45) is 0 Å². The molecule has 0 saturated heterocycles. The number of hydrogen-bond donors (Lipinski definition) is 2. The quantitative estimate of drug-likeness (QED) is 0.531. The van der Waals surface area contributed by atoms with Gasteiger partial charge in [0.05, 0.1) is 0 Å². The summed E-state index contributed by atoms with van der Waals surface area (Å²) in [5.41, 5.74) is 19.2. The molecule has 0 unspecified atom stereocenters. The summed E-state index contributed by atoms with van der Waals surface area (Å²) < 4.78 is 0. The van der Waals surface area contributed by atoms with Crippen LogP contribution in [0.5, 0.6) is 0 Å². The van der Waals surface area contributed by atoms with E-state index in [1.807, 2.05) is 42.5 Å². The molecule has 0 heterocycles. The molecule has 2 heteroatoms. The van der Waals surface area contributed by atoms with E-state index in [-0.39, 0.29) is 0 Å². The van der Waals surface area contributed by atoms with Crippen LogP contribution in [0.1, 0.15) is 5.56 Å². The van der Waals surface area contributed by atoms with Crippen LogP contribution in [-0.2, 0) is 6.42 Å². The molecule has 23 heavy (non-hydrogen) atoms. The molecule has 2 nitrogen and oxygen atoms in total. The van der Waals surface area contributed by atoms with Crippen molar-refractivity contribution < 1.29 is 0 Å². The van der Waals surface area contributed by atoms with Crippen molar-refractivity contribution in [3.63, 3.8) is 0 Å². The summed E-state index contributed by atoms with van der Waals surface area (Å²) >= 11 is 0. The van der Waals surface area contributed by atoms with Gasteiger partial charge in [0.25, 0.3) is 0 Å². The summed E-state index contributed by atoms with van der Waals surface area (Å²) in [6.07, 6.45) is 2.75. The normalized spacial score (nSPS) is 10.4. The minimum Gasteiger partial charge on any atom is -0.399 e. The monoisotopic (exact) mass is 300 g/mol. The van der Waals surface area contributed by atoms with Gasteiger partial charge < -0.3 is 11.5 Å². The Morgan fingerprint density at radius 3 is 2.17 bits per heavy atom. The molecular formula is C21H20N2. The zero-order valence-electron chi connectivity index (χ0n) is 13.0. The predicted molar refractivity (Wildman–Crippen MR) is 100 cm³/mol. The van der Waals surface area contributed by atoms with E-state index in [9.17, 15) is 0 Å². The summed E-state index contributed by atoms with van der Waals surface area (Å²) in [4.78, 5) is 0.